The van der Waals surface area contributed by atoms with Gasteiger partial charge in [-0.15, -0.1) is 0 Å². The number of rotatable bonds is 1. The summed E-state index contributed by atoms with van der Waals surface area (Å²) in [5.74, 6) is 4.14. The highest BCUT2D eigenvalue weighted by Crippen LogP contribution is 2.67. The maximum absolute atomic E-state index is 10.3. The summed E-state index contributed by atoms with van der Waals surface area (Å²) < 4.78 is 0. The molecule has 132 valence electrons. The smallest absolute Gasteiger partial charge is 0.0545 e. The Kier molecular flexibility index (Phi) is 3.89. The number of fused-ring (bicyclic) bond motifs is 5. The highest BCUT2D eigenvalue weighted by molar-refractivity contribution is 5.09. The fourth-order valence-corrected chi connectivity index (χ4v) is 8.12. The van der Waals surface area contributed by atoms with E-state index in [1.165, 1.54) is 57.8 Å². The van der Waals surface area contributed by atoms with E-state index < -0.39 is 0 Å². The molecular formula is C21H37NO. The van der Waals surface area contributed by atoms with Crippen LogP contribution in [0.4, 0.5) is 0 Å². The highest BCUT2D eigenvalue weighted by atomic mass is 16.3. The van der Waals surface area contributed by atoms with Gasteiger partial charge in [0.25, 0.3) is 0 Å². The molecule has 0 bridgehead atoms. The first-order chi connectivity index (χ1) is 10.9. The summed E-state index contributed by atoms with van der Waals surface area (Å²) in [7, 11) is 0. The number of nitrogens with two attached hydrogens (primary N) is 1. The van der Waals surface area contributed by atoms with Gasteiger partial charge in [-0.1, -0.05) is 13.8 Å². The van der Waals surface area contributed by atoms with Gasteiger partial charge in [-0.2, -0.15) is 0 Å². The third-order valence-electron chi connectivity index (χ3n) is 9.36. The summed E-state index contributed by atoms with van der Waals surface area (Å²) in [5.41, 5.74) is 7.26. The molecule has 0 aromatic heterocycles. The summed E-state index contributed by atoms with van der Waals surface area (Å²) in [6, 6.07) is 0.463. The van der Waals surface area contributed by atoms with Crippen LogP contribution in [-0.2, 0) is 0 Å². The van der Waals surface area contributed by atoms with E-state index >= 15 is 0 Å². The third-order valence-corrected chi connectivity index (χ3v) is 9.36. The van der Waals surface area contributed by atoms with E-state index in [9.17, 15) is 5.11 Å². The van der Waals surface area contributed by atoms with Gasteiger partial charge in [0.1, 0.15) is 0 Å². The lowest BCUT2D eigenvalue weighted by Crippen LogP contribution is -2.55. The van der Waals surface area contributed by atoms with Crippen molar-refractivity contribution < 1.29 is 5.11 Å². The van der Waals surface area contributed by atoms with Crippen molar-refractivity contribution in [2.75, 3.05) is 0 Å². The molecule has 0 heterocycles. The molecule has 0 aromatic rings. The average Bonchev–Trinajstić information content (AvgIpc) is 2.85. The molecule has 4 aliphatic rings. The Labute approximate surface area is 142 Å². The Morgan fingerprint density at radius 3 is 2.35 bits per heavy atom. The molecule has 9 atom stereocenters. The van der Waals surface area contributed by atoms with Crippen LogP contribution < -0.4 is 5.73 Å². The SMILES string of the molecule is C[C@H](O)[C@H]1CC[C@H]2[C@@H]3CCC4CC(N)CC[C@]4(C)[C@H]3CC[C@]12C. The van der Waals surface area contributed by atoms with Crippen molar-refractivity contribution in [2.45, 2.75) is 90.7 Å². The Morgan fingerprint density at radius 2 is 1.61 bits per heavy atom. The fraction of sp³-hybridized carbons (Fsp3) is 1.00. The van der Waals surface area contributed by atoms with Gasteiger partial charge in [0.15, 0.2) is 0 Å². The minimum absolute atomic E-state index is 0.124. The predicted octanol–water partition coefficient (Wildman–Crippen LogP) is 4.35. The molecule has 2 unspecified atom stereocenters. The molecule has 0 spiro atoms. The molecule has 3 N–H and O–H groups in total. The first kappa shape index (κ1) is 16.4. The first-order valence-corrected chi connectivity index (χ1v) is 10.3. The van der Waals surface area contributed by atoms with Gasteiger partial charge < -0.3 is 10.8 Å². The maximum atomic E-state index is 10.3. The number of aliphatic hydroxyl groups excluding tert-OH is 1. The molecule has 4 rings (SSSR count). The first-order valence-electron chi connectivity index (χ1n) is 10.3. The summed E-state index contributed by atoms with van der Waals surface area (Å²) in [6.45, 7) is 7.17. The van der Waals surface area contributed by atoms with Gasteiger partial charge in [-0.25, -0.2) is 0 Å². The molecule has 2 nitrogen and oxygen atoms in total. The van der Waals surface area contributed by atoms with Crippen LogP contribution in [0.25, 0.3) is 0 Å². The van der Waals surface area contributed by atoms with Crippen LogP contribution in [0.15, 0.2) is 0 Å². The third kappa shape index (κ3) is 2.27. The standard InChI is InChI=1S/C21H37NO/c1-13(23)17-6-7-18-16-5-4-14-12-15(22)8-10-20(14,2)19(16)9-11-21(17,18)3/h13-19,23H,4-12,22H2,1-3H3/t13-,14?,15?,16-,17+,18-,19-,20-,21+/m0/s1. The Bertz CT molecular complexity index is 463. The molecule has 23 heavy (non-hydrogen) atoms. The summed E-state index contributed by atoms with van der Waals surface area (Å²) in [5, 5.41) is 10.3. The molecular weight excluding hydrogens is 282 g/mol. The second kappa shape index (κ2) is 5.46. The molecule has 0 aliphatic heterocycles. The largest absolute Gasteiger partial charge is 0.393 e. The van der Waals surface area contributed by atoms with Gasteiger partial charge in [0.2, 0.25) is 0 Å². The van der Waals surface area contributed by atoms with Crippen LogP contribution in [0, 0.1) is 40.4 Å². The monoisotopic (exact) mass is 319 g/mol. The van der Waals surface area contributed by atoms with Gasteiger partial charge in [-0.05, 0) is 105 Å². The zero-order valence-electron chi connectivity index (χ0n) is 15.4. The molecule has 4 fully saturated rings. The molecule has 4 saturated carbocycles. The predicted molar refractivity (Wildman–Crippen MR) is 94.9 cm³/mol. The van der Waals surface area contributed by atoms with E-state index in [0.29, 0.717) is 22.8 Å². The molecule has 4 aliphatic carbocycles. The van der Waals surface area contributed by atoms with Crippen molar-refractivity contribution in [3.05, 3.63) is 0 Å². The van der Waals surface area contributed by atoms with Crippen molar-refractivity contribution in [1.82, 2.24) is 0 Å². The zero-order chi connectivity index (χ0) is 16.4. The lowest BCUT2D eigenvalue weighted by Gasteiger charge is -2.61. The van der Waals surface area contributed by atoms with Gasteiger partial charge in [-0.3, -0.25) is 0 Å². The quantitative estimate of drug-likeness (QED) is 0.754. The molecule has 0 radical (unpaired) electrons. The molecule has 0 amide bonds. The minimum atomic E-state index is -0.124. The van der Waals surface area contributed by atoms with Gasteiger partial charge in [0, 0.05) is 6.04 Å². The van der Waals surface area contributed by atoms with Crippen LogP contribution in [0.3, 0.4) is 0 Å². The second-order valence-corrected chi connectivity index (χ2v) is 10.2. The lowest BCUT2D eigenvalue weighted by molar-refractivity contribution is -0.120. The molecule has 2 heteroatoms. The number of hydrogen-bond acceptors (Lipinski definition) is 2. The van der Waals surface area contributed by atoms with E-state index in [-0.39, 0.29) is 6.10 Å². The molecule has 0 aromatic carbocycles. The summed E-state index contributed by atoms with van der Waals surface area (Å²) >= 11 is 0. The number of aliphatic hydroxyl groups is 1. The molecule has 0 saturated heterocycles. The van der Waals surface area contributed by atoms with Crippen LogP contribution in [0.2, 0.25) is 0 Å². The Balaban J connectivity index is 1.60. The van der Waals surface area contributed by atoms with E-state index in [4.69, 9.17) is 5.73 Å². The average molecular weight is 320 g/mol. The van der Waals surface area contributed by atoms with Crippen molar-refractivity contribution in [3.63, 3.8) is 0 Å². The van der Waals surface area contributed by atoms with Crippen molar-refractivity contribution in [2.24, 2.45) is 46.2 Å². The zero-order valence-corrected chi connectivity index (χ0v) is 15.4. The minimum Gasteiger partial charge on any atom is -0.393 e. The van der Waals surface area contributed by atoms with Crippen LogP contribution in [0.1, 0.15) is 78.6 Å². The fourth-order valence-electron chi connectivity index (χ4n) is 8.12. The Hall–Kier alpha value is -0.0800. The van der Waals surface area contributed by atoms with Gasteiger partial charge >= 0.3 is 0 Å². The maximum Gasteiger partial charge on any atom is 0.0545 e. The van der Waals surface area contributed by atoms with Crippen molar-refractivity contribution in [1.29, 1.82) is 0 Å². The van der Waals surface area contributed by atoms with Gasteiger partial charge in [0.05, 0.1) is 6.10 Å². The van der Waals surface area contributed by atoms with Crippen molar-refractivity contribution in [3.8, 4) is 0 Å². The van der Waals surface area contributed by atoms with Crippen LogP contribution in [0.5, 0.6) is 0 Å². The number of hydrogen-bond donors (Lipinski definition) is 2. The topological polar surface area (TPSA) is 46.2 Å². The normalized spacial score (nSPS) is 57.3. The highest BCUT2D eigenvalue weighted by Gasteiger charge is 2.60. The van der Waals surface area contributed by atoms with Crippen LogP contribution >= 0.6 is 0 Å². The Morgan fingerprint density at radius 1 is 0.913 bits per heavy atom. The van der Waals surface area contributed by atoms with Crippen LogP contribution in [-0.4, -0.2) is 17.3 Å². The second-order valence-electron chi connectivity index (χ2n) is 10.2. The lowest BCUT2D eigenvalue weighted by atomic mass is 9.44. The summed E-state index contributed by atoms with van der Waals surface area (Å²) in [4.78, 5) is 0. The van der Waals surface area contributed by atoms with E-state index in [1.54, 1.807) is 0 Å². The van der Waals surface area contributed by atoms with E-state index in [1.807, 2.05) is 6.92 Å². The summed E-state index contributed by atoms with van der Waals surface area (Å²) in [6.07, 6.45) is 12.0. The van der Waals surface area contributed by atoms with Crippen molar-refractivity contribution >= 4 is 0 Å². The van der Waals surface area contributed by atoms with E-state index in [2.05, 4.69) is 13.8 Å². The van der Waals surface area contributed by atoms with E-state index in [0.717, 1.165) is 23.7 Å².